The van der Waals surface area contributed by atoms with Crippen LogP contribution in [0.1, 0.15) is 31.5 Å². The zero-order valence-corrected chi connectivity index (χ0v) is 9.34. The molecule has 2 N–H and O–H groups in total. The molecule has 0 bridgehead atoms. The second-order valence-electron chi connectivity index (χ2n) is 3.86. The predicted octanol–water partition coefficient (Wildman–Crippen LogP) is 1.19. The van der Waals surface area contributed by atoms with E-state index in [1.54, 1.807) is 6.20 Å². The third kappa shape index (κ3) is 2.55. The van der Waals surface area contributed by atoms with Gasteiger partial charge in [0, 0.05) is 12.6 Å². The molecule has 2 aromatic rings. The maximum Gasteiger partial charge on any atom is 0.177 e. The van der Waals surface area contributed by atoms with Crippen molar-refractivity contribution in [3.63, 3.8) is 0 Å². The van der Waals surface area contributed by atoms with Crippen molar-refractivity contribution in [1.29, 1.82) is 0 Å². The summed E-state index contributed by atoms with van der Waals surface area (Å²) in [6.45, 7) is 0.787. The largest absolute Gasteiger partial charge is 0.330 e. The highest BCUT2D eigenvalue weighted by atomic mass is 15.4. The monoisotopic (exact) mass is 219 g/mol. The topological polar surface area (TPSA) is 69.1 Å². The van der Waals surface area contributed by atoms with Gasteiger partial charge in [-0.05, 0) is 31.5 Å². The van der Waals surface area contributed by atoms with E-state index in [1.807, 2.05) is 16.6 Å². The number of aryl methyl sites for hydroxylation is 1. The molecule has 0 fully saturated rings. The number of rotatable bonds is 6. The molecule has 16 heavy (non-hydrogen) atoms. The van der Waals surface area contributed by atoms with Crippen molar-refractivity contribution >= 4 is 5.65 Å². The maximum absolute atomic E-state index is 5.44. The van der Waals surface area contributed by atoms with Crippen LogP contribution in [0.2, 0.25) is 0 Å². The smallest absolute Gasteiger partial charge is 0.177 e. The molecular weight excluding hydrogens is 202 g/mol. The van der Waals surface area contributed by atoms with Gasteiger partial charge in [0.25, 0.3) is 0 Å². The fraction of sp³-hybridized carbons (Fsp3) is 0.545. The van der Waals surface area contributed by atoms with E-state index in [0.717, 1.165) is 37.3 Å². The van der Waals surface area contributed by atoms with Gasteiger partial charge in [-0.3, -0.25) is 0 Å². The zero-order chi connectivity index (χ0) is 11.2. The summed E-state index contributed by atoms with van der Waals surface area (Å²) in [6, 6.07) is 3.78. The number of hydrogen-bond donors (Lipinski definition) is 1. The molecule has 0 aliphatic heterocycles. The lowest BCUT2D eigenvalue weighted by atomic mass is 10.1. The first kappa shape index (κ1) is 11.0. The van der Waals surface area contributed by atoms with Crippen LogP contribution in [0.5, 0.6) is 0 Å². The van der Waals surface area contributed by atoms with Gasteiger partial charge in [0.2, 0.25) is 0 Å². The highest BCUT2D eigenvalue weighted by Gasteiger charge is 2.04. The molecule has 0 spiro atoms. The molecule has 0 radical (unpaired) electrons. The van der Waals surface area contributed by atoms with Gasteiger partial charge in [-0.15, -0.1) is 10.2 Å². The molecule has 0 saturated carbocycles. The Hall–Kier alpha value is -1.49. The zero-order valence-electron chi connectivity index (χ0n) is 9.34. The fourth-order valence-electron chi connectivity index (χ4n) is 1.73. The van der Waals surface area contributed by atoms with Crippen LogP contribution in [0.4, 0.5) is 0 Å². The second-order valence-corrected chi connectivity index (χ2v) is 3.86. The lowest BCUT2D eigenvalue weighted by Gasteiger charge is -1.99. The molecular formula is C11H17N5. The summed E-state index contributed by atoms with van der Waals surface area (Å²) in [4.78, 5) is 0. The lowest BCUT2D eigenvalue weighted by molar-refractivity contribution is 0.627. The van der Waals surface area contributed by atoms with Crippen molar-refractivity contribution in [3.05, 3.63) is 24.2 Å². The van der Waals surface area contributed by atoms with E-state index < -0.39 is 0 Å². The molecule has 0 atom stereocenters. The first-order valence-electron chi connectivity index (χ1n) is 5.77. The lowest BCUT2D eigenvalue weighted by Crippen LogP contribution is -2.00. The van der Waals surface area contributed by atoms with Crippen molar-refractivity contribution in [2.24, 2.45) is 5.73 Å². The van der Waals surface area contributed by atoms with Crippen molar-refractivity contribution in [2.45, 2.75) is 32.1 Å². The van der Waals surface area contributed by atoms with Crippen LogP contribution >= 0.6 is 0 Å². The van der Waals surface area contributed by atoms with E-state index in [1.165, 1.54) is 12.8 Å². The first-order chi connectivity index (χ1) is 7.92. The predicted molar refractivity (Wildman–Crippen MR) is 62.0 cm³/mol. The van der Waals surface area contributed by atoms with Gasteiger partial charge in [0.05, 0.1) is 0 Å². The van der Waals surface area contributed by atoms with E-state index in [9.17, 15) is 0 Å². The van der Waals surface area contributed by atoms with Crippen molar-refractivity contribution in [1.82, 2.24) is 19.8 Å². The van der Waals surface area contributed by atoms with Gasteiger partial charge in [-0.2, -0.15) is 9.61 Å². The average molecular weight is 219 g/mol. The molecule has 0 amide bonds. The summed E-state index contributed by atoms with van der Waals surface area (Å²) in [5.41, 5.74) is 6.26. The Morgan fingerprint density at radius 1 is 1.12 bits per heavy atom. The molecule has 5 nitrogen and oxygen atoms in total. The summed E-state index contributed by atoms with van der Waals surface area (Å²) >= 11 is 0. The van der Waals surface area contributed by atoms with Crippen molar-refractivity contribution in [2.75, 3.05) is 6.54 Å². The molecule has 0 unspecified atom stereocenters. The molecule has 0 aliphatic rings. The SMILES string of the molecule is NCCCCCCc1nnc2cccnn12. The molecule has 86 valence electrons. The normalized spacial score (nSPS) is 11.1. The minimum Gasteiger partial charge on any atom is -0.330 e. The minimum absolute atomic E-state index is 0.787. The Balaban J connectivity index is 1.89. The van der Waals surface area contributed by atoms with Crippen LogP contribution in [0.25, 0.3) is 5.65 Å². The van der Waals surface area contributed by atoms with Gasteiger partial charge in [0.15, 0.2) is 11.5 Å². The molecule has 2 aromatic heterocycles. The summed E-state index contributed by atoms with van der Waals surface area (Å²) < 4.78 is 1.81. The molecule has 2 rings (SSSR count). The summed E-state index contributed by atoms with van der Waals surface area (Å²) in [6.07, 6.45) is 7.31. The molecule has 0 aliphatic carbocycles. The van der Waals surface area contributed by atoms with Crippen molar-refractivity contribution < 1.29 is 0 Å². The van der Waals surface area contributed by atoms with Crippen LogP contribution in [-0.4, -0.2) is 26.4 Å². The number of hydrogen-bond acceptors (Lipinski definition) is 4. The fourth-order valence-corrected chi connectivity index (χ4v) is 1.73. The number of fused-ring (bicyclic) bond motifs is 1. The average Bonchev–Trinajstić information content (AvgIpc) is 2.73. The van der Waals surface area contributed by atoms with E-state index in [0.29, 0.717) is 0 Å². The van der Waals surface area contributed by atoms with Gasteiger partial charge in [-0.25, -0.2) is 0 Å². The minimum atomic E-state index is 0.787. The van der Waals surface area contributed by atoms with E-state index in [-0.39, 0.29) is 0 Å². The van der Waals surface area contributed by atoms with Gasteiger partial charge >= 0.3 is 0 Å². The number of nitrogens with zero attached hydrogens (tertiary/aromatic N) is 4. The maximum atomic E-state index is 5.44. The van der Waals surface area contributed by atoms with Gasteiger partial charge in [0.1, 0.15) is 0 Å². The van der Waals surface area contributed by atoms with Crippen LogP contribution in [-0.2, 0) is 6.42 Å². The van der Waals surface area contributed by atoms with Crippen LogP contribution in [0.15, 0.2) is 18.3 Å². The van der Waals surface area contributed by atoms with Crippen LogP contribution in [0.3, 0.4) is 0 Å². The molecule has 0 aromatic carbocycles. The Labute approximate surface area is 94.7 Å². The Bertz CT molecular complexity index is 437. The van der Waals surface area contributed by atoms with Gasteiger partial charge < -0.3 is 5.73 Å². The molecule has 0 saturated heterocycles. The number of unbranched alkanes of at least 4 members (excludes halogenated alkanes) is 3. The Morgan fingerprint density at radius 2 is 2.00 bits per heavy atom. The standard InChI is InChI=1S/C11H17N5/c12-8-4-2-1-3-6-10-14-15-11-7-5-9-13-16(10)11/h5,7,9H,1-4,6,8,12H2. The second kappa shape index (κ2) is 5.55. The summed E-state index contributed by atoms with van der Waals surface area (Å²) in [5, 5.41) is 12.4. The summed E-state index contributed by atoms with van der Waals surface area (Å²) in [5.74, 6) is 0.948. The quantitative estimate of drug-likeness (QED) is 0.741. The van der Waals surface area contributed by atoms with E-state index in [4.69, 9.17) is 5.73 Å². The molecule has 2 heterocycles. The third-order valence-corrected chi connectivity index (χ3v) is 2.60. The van der Waals surface area contributed by atoms with Crippen LogP contribution in [0, 0.1) is 0 Å². The summed E-state index contributed by atoms with van der Waals surface area (Å²) in [7, 11) is 0. The van der Waals surface area contributed by atoms with E-state index in [2.05, 4.69) is 15.3 Å². The van der Waals surface area contributed by atoms with Crippen LogP contribution < -0.4 is 5.73 Å². The van der Waals surface area contributed by atoms with Crippen molar-refractivity contribution in [3.8, 4) is 0 Å². The molecule has 5 heteroatoms. The number of aromatic nitrogens is 4. The highest BCUT2D eigenvalue weighted by Crippen LogP contribution is 2.06. The Kier molecular flexibility index (Phi) is 3.82. The third-order valence-electron chi connectivity index (χ3n) is 2.60. The highest BCUT2D eigenvalue weighted by molar-refractivity contribution is 5.34. The van der Waals surface area contributed by atoms with E-state index >= 15 is 0 Å². The number of nitrogens with two attached hydrogens (primary N) is 1. The van der Waals surface area contributed by atoms with Gasteiger partial charge in [-0.1, -0.05) is 12.8 Å². The Morgan fingerprint density at radius 3 is 2.88 bits per heavy atom. The first-order valence-corrected chi connectivity index (χ1v) is 5.77.